The van der Waals surface area contributed by atoms with E-state index in [0.717, 1.165) is 0 Å². The molecule has 0 saturated carbocycles. The van der Waals surface area contributed by atoms with Crippen molar-refractivity contribution in [3.05, 3.63) is 64.8 Å². The summed E-state index contributed by atoms with van der Waals surface area (Å²) >= 11 is 5.97. The molecule has 0 atom stereocenters. The van der Waals surface area contributed by atoms with Crippen LogP contribution >= 0.6 is 11.6 Å². The van der Waals surface area contributed by atoms with E-state index in [-0.39, 0.29) is 23.4 Å². The molecule has 1 aliphatic heterocycles. The van der Waals surface area contributed by atoms with Crippen molar-refractivity contribution in [3.8, 4) is 5.75 Å². The maximum atomic E-state index is 13.0. The highest BCUT2D eigenvalue weighted by molar-refractivity contribution is 6.36. The lowest BCUT2D eigenvalue weighted by Crippen LogP contribution is -2.35. The maximum Gasteiger partial charge on any atom is 0.278 e. The molecule has 5 nitrogen and oxygen atoms in total. The molecule has 2 amide bonds. The summed E-state index contributed by atoms with van der Waals surface area (Å²) in [4.78, 5) is 27.2. The molecule has 2 aromatic carbocycles. The average Bonchev–Trinajstić information content (AvgIpc) is 2.87. The Hall–Kier alpha value is -2.79. The minimum Gasteiger partial charge on any atom is -0.497 e. The number of rotatable bonds is 6. The number of halogens is 1. The third-order valence-corrected chi connectivity index (χ3v) is 4.46. The van der Waals surface area contributed by atoms with Gasteiger partial charge in [0, 0.05) is 17.3 Å². The maximum absolute atomic E-state index is 13.0. The number of nitrogens with one attached hydrogen (secondary N) is 1. The van der Waals surface area contributed by atoms with Gasteiger partial charge >= 0.3 is 0 Å². The van der Waals surface area contributed by atoms with Crippen molar-refractivity contribution < 1.29 is 14.3 Å². The predicted octanol–water partition coefficient (Wildman–Crippen LogP) is 4.20. The second-order valence-electron chi connectivity index (χ2n) is 6.73. The fourth-order valence-corrected chi connectivity index (χ4v) is 3.05. The molecule has 1 aliphatic rings. The molecule has 27 heavy (non-hydrogen) atoms. The Morgan fingerprint density at radius 1 is 1.00 bits per heavy atom. The third-order valence-electron chi connectivity index (χ3n) is 4.21. The normalized spacial score (nSPS) is 14.3. The van der Waals surface area contributed by atoms with E-state index in [0.29, 0.717) is 34.1 Å². The topological polar surface area (TPSA) is 58.6 Å². The first kappa shape index (κ1) is 19.0. The van der Waals surface area contributed by atoms with Gasteiger partial charge in [0.2, 0.25) is 0 Å². The molecule has 0 saturated heterocycles. The molecule has 0 aliphatic carbocycles. The standard InChI is InChI=1S/C21H21ClN2O3/c1-13(2)12-24-20(25)18(14-4-6-15(22)7-5-14)19(21(24)26)23-16-8-10-17(27-3)11-9-16/h4-11,13,23H,12H2,1-3H3. The minimum atomic E-state index is -0.325. The second-order valence-corrected chi connectivity index (χ2v) is 7.16. The van der Waals surface area contributed by atoms with Gasteiger partial charge in [-0.05, 0) is 47.9 Å². The molecule has 0 unspecified atom stereocenters. The number of hydrogen-bond acceptors (Lipinski definition) is 4. The summed E-state index contributed by atoms with van der Waals surface area (Å²) in [6.07, 6.45) is 0. The van der Waals surface area contributed by atoms with Gasteiger partial charge in [0.1, 0.15) is 11.4 Å². The molecule has 6 heteroatoms. The van der Waals surface area contributed by atoms with Gasteiger partial charge < -0.3 is 10.1 Å². The Morgan fingerprint density at radius 3 is 2.19 bits per heavy atom. The van der Waals surface area contributed by atoms with Gasteiger partial charge in [0.15, 0.2) is 0 Å². The van der Waals surface area contributed by atoms with Crippen molar-refractivity contribution in [2.24, 2.45) is 5.92 Å². The van der Waals surface area contributed by atoms with Crippen molar-refractivity contribution in [2.45, 2.75) is 13.8 Å². The van der Waals surface area contributed by atoms with Gasteiger partial charge in [0.05, 0.1) is 12.7 Å². The van der Waals surface area contributed by atoms with Crippen LogP contribution in [0.15, 0.2) is 54.2 Å². The fourth-order valence-electron chi connectivity index (χ4n) is 2.93. The molecular weight excluding hydrogens is 364 g/mol. The van der Waals surface area contributed by atoms with Gasteiger partial charge in [-0.1, -0.05) is 37.6 Å². The number of benzene rings is 2. The zero-order valence-corrected chi connectivity index (χ0v) is 16.2. The number of ether oxygens (including phenoxy) is 1. The van der Waals surface area contributed by atoms with Gasteiger partial charge in [-0.25, -0.2) is 0 Å². The van der Waals surface area contributed by atoms with Crippen LogP contribution in [0.5, 0.6) is 5.75 Å². The van der Waals surface area contributed by atoms with Crippen molar-refractivity contribution in [1.82, 2.24) is 4.90 Å². The van der Waals surface area contributed by atoms with E-state index in [2.05, 4.69) is 5.32 Å². The molecule has 0 aromatic heterocycles. The molecule has 0 bridgehead atoms. The summed E-state index contributed by atoms with van der Waals surface area (Å²) in [5, 5.41) is 3.69. The van der Waals surface area contributed by atoms with E-state index in [9.17, 15) is 9.59 Å². The first-order chi connectivity index (χ1) is 12.9. The number of anilines is 1. The van der Waals surface area contributed by atoms with Gasteiger partial charge in [-0.15, -0.1) is 0 Å². The van der Waals surface area contributed by atoms with E-state index in [1.165, 1.54) is 4.90 Å². The summed E-state index contributed by atoms with van der Waals surface area (Å²) < 4.78 is 5.16. The number of hydrogen-bond donors (Lipinski definition) is 1. The Morgan fingerprint density at radius 2 is 1.63 bits per heavy atom. The van der Waals surface area contributed by atoms with Crippen LogP contribution in [0.1, 0.15) is 19.4 Å². The number of carbonyl (C=O) groups excluding carboxylic acids is 2. The zero-order chi connectivity index (χ0) is 19.6. The summed E-state index contributed by atoms with van der Waals surface area (Å²) in [6, 6.07) is 14.1. The van der Waals surface area contributed by atoms with Crippen LogP contribution < -0.4 is 10.1 Å². The zero-order valence-electron chi connectivity index (χ0n) is 15.5. The van der Waals surface area contributed by atoms with Crippen LogP contribution in [-0.2, 0) is 9.59 Å². The van der Waals surface area contributed by atoms with E-state index in [4.69, 9.17) is 16.3 Å². The van der Waals surface area contributed by atoms with Crippen molar-refractivity contribution in [1.29, 1.82) is 0 Å². The van der Waals surface area contributed by atoms with Crippen molar-refractivity contribution in [2.75, 3.05) is 19.0 Å². The van der Waals surface area contributed by atoms with Gasteiger partial charge in [-0.3, -0.25) is 14.5 Å². The number of imide groups is 1. The number of nitrogens with zero attached hydrogens (tertiary/aromatic N) is 1. The number of carbonyl (C=O) groups is 2. The highest BCUT2D eigenvalue weighted by atomic mass is 35.5. The third kappa shape index (κ3) is 3.98. The van der Waals surface area contributed by atoms with Crippen LogP contribution in [0.25, 0.3) is 5.57 Å². The quantitative estimate of drug-likeness (QED) is 0.758. The van der Waals surface area contributed by atoms with E-state index in [1.807, 2.05) is 13.8 Å². The lowest BCUT2D eigenvalue weighted by Gasteiger charge is -2.17. The predicted molar refractivity (Wildman–Crippen MR) is 107 cm³/mol. The number of amides is 2. The second kappa shape index (κ2) is 7.84. The Balaban J connectivity index is 2.02. The van der Waals surface area contributed by atoms with E-state index >= 15 is 0 Å². The largest absolute Gasteiger partial charge is 0.497 e. The summed E-state index contributed by atoms with van der Waals surface area (Å²) in [5.41, 5.74) is 1.98. The van der Waals surface area contributed by atoms with Crippen molar-refractivity contribution in [3.63, 3.8) is 0 Å². The highest BCUT2D eigenvalue weighted by Crippen LogP contribution is 2.32. The summed E-state index contributed by atoms with van der Waals surface area (Å²) in [7, 11) is 1.59. The highest BCUT2D eigenvalue weighted by Gasteiger charge is 2.39. The Kier molecular flexibility index (Phi) is 5.51. The smallest absolute Gasteiger partial charge is 0.278 e. The van der Waals surface area contributed by atoms with Crippen LogP contribution in [0.3, 0.4) is 0 Å². The average molecular weight is 385 g/mol. The minimum absolute atomic E-state index is 0.171. The van der Waals surface area contributed by atoms with Crippen LogP contribution in [0.2, 0.25) is 5.02 Å². The molecule has 0 fully saturated rings. The summed E-state index contributed by atoms with van der Waals surface area (Å²) in [6.45, 7) is 4.30. The summed E-state index contributed by atoms with van der Waals surface area (Å²) in [5.74, 6) is 0.258. The Bertz CT molecular complexity index is 887. The molecule has 2 aromatic rings. The molecule has 0 radical (unpaired) electrons. The lowest BCUT2D eigenvalue weighted by molar-refractivity contribution is -0.137. The van der Waals surface area contributed by atoms with E-state index < -0.39 is 0 Å². The van der Waals surface area contributed by atoms with Crippen LogP contribution in [0, 0.1) is 5.92 Å². The van der Waals surface area contributed by atoms with Gasteiger partial charge in [-0.2, -0.15) is 0 Å². The molecule has 3 rings (SSSR count). The Labute approximate surface area is 163 Å². The lowest BCUT2D eigenvalue weighted by atomic mass is 10.0. The van der Waals surface area contributed by atoms with Gasteiger partial charge in [0.25, 0.3) is 11.8 Å². The SMILES string of the molecule is COc1ccc(NC2=C(c3ccc(Cl)cc3)C(=O)N(CC(C)C)C2=O)cc1. The van der Waals surface area contributed by atoms with Crippen LogP contribution in [0.4, 0.5) is 5.69 Å². The first-order valence-electron chi connectivity index (χ1n) is 8.68. The molecule has 1 N–H and O–H groups in total. The van der Waals surface area contributed by atoms with E-state index in [1.54, 1.807) is 55.6 Å². The first-order valence-corrected chi connectivity index (χ1v) is 9.06. The molecule has 140 valence electrons. The molecular formula is C21H21ClN2O3. The molecule has 1 heterocycles. The molecule has 0 spiro atoms. The fraction of sp³-hybridized carbons (Fsp3) is 0.238. The number of methoxy groups -OCH3 is 1. The monoisotopic (exact) mass is 384 g/mol. The van der Waals surface area contributed by atoms with Crippen LogP contribution in [-0.4, -0.2) is 30.4 Å². The van der Waals surface area contributed by atoms with Crippen molar-refractivity contribution >= 4 is 34.7 Å².